The zero-order valence-corrected chi connectivity index (χ0v) is 22.0. The van der Waals surface area contributed by atoms with Crippen molar-refractivity contribution in [2.75, 3.05) is 20.2 Å². The Kier molecular flexibility index (Phi) is 10.2. The van der Waals surface area contributed by atoms with Crippen molar-refractivity contribution >= 4 is 32.3 Å². The molecule has 33 heavy (non-hydrogen) atoms. The molecule has 0 N–H and O–H groups in total. The topological polar surface area (TPSA) is 90.0 Å². The van der Waals surface area contributed by atoms with Gasteiger partial charge in [-0.15, -0.1) is 0 Å². The van der Waals surface area contributed by atoms with Crippen molar-refractivity contribution in [1.82, 2.24) is 5.06 Å². The third-order valence-corrected chi connectivity index (χ3v) is 8.05. The Hall–Kier alpha value is -1.17. The number of hydrogen-bond donors (Lipinski definition) is 0. The molecule has 1 atom stereocenters. The van der Waals surface area contributed by atoms with Crippen molar-refractivity contribution in [3.05, 3.63) is 0 Å². The van der Waals surface area contributed by atoms with Gasteiger partial charge in [0, 0.05) is 26.4 Å². The van der Waals surface area contributed by atoms with E-state index in [-0.39, 0.29) is 17.1 Å². The molecular formula is C25H42NO6P. The highest BCUT2D eigenvalue weighted by atomic mass is 31.0. The second kappa shape index (κ2) is 12.0. The number of hydroxylamine groups is 2. The molecule has 0 amide bonds. The number of Topliss-reactive ketones (excluding diaryl/α,β-unsaturated/α-hetero) is 2. The Morgan fingerprint density at radius 2 is 1.48 bits per heavy atom. The first-order chi connectivity index (χ1) is 15.5. The van der Waals surface area contributed by atoms with Gasteiger partial charge in [0.2, 0.25) is 0 Å². The Morgan fingerprint density at radius 1 is 0.939 bits per heavy atom. The smallest absolute Gasteiger partial charge is 0.320 e. The van der Waals surface area contributed by atoms with E-state index in [2.05, 4.69) is 9.24 Å². The van der Waals surface area contributed by atoms with Gasteiger partial charge in [-0.25, -0.2) is 0 Å². The Bertz CT molecular complexity index is 722. The third kappa shape index (κ3) is 7.16. The van der Waals surface area contributed by atoms with Crippen molar-refractivity contribution in [3.8, 4) is 0 Å². The number of nitrogens with zero attached hydrogens (tertiary/aromatic N) is 1. The summed E-state index contributed by atoms with van der Waals surface area (Å²) < 4.78 is 5.75. The van der Waals surface area contributed by atoms with Crippen LogP contribution in [0.3, 0.4) is 0 Å². The van der Waals surface area contributed by atoms with Crippen LogP contribution in [-0.2, 0) is 28.8 Å². The van der Waals surface area contributed by atoms with Crippen LogP contribution in [0.2, 0.25) is 0 Å². The summed E-state index contributed by atoms with van der Waals surface area (Å²) in [4.78, 5) is 55.3. The van der Waals surface area contributed by atoms with E-state index in [0.717, 1.165) is 38.5 Å². The van der Waals surface area contributed by atoms with Crippen LogP contribution in [0.25, 0.3) is 0 Å². The second-order valence-corrected chi connectivity index (χ2v) is 11.0. The normalized spacial score (nSPS) is 19.6. The maximum absolute atomic E-state index is 12.8. The Morgan fingerprint density at radius 3 is 2.00 bits per heavy atom. The minimum absolute atomic E-state index is 0.0593. The molecule has 8 heteroatoms. The maximum Gasteiger partial charge on any atom is 0.320 e. The molecule has 0 aromatic heterocycles. The van der Waals surface area contributed by atoms with Crippen molar-refractivity contribution in [1.29, 1.82) is 0 Å². The summed E-state index contributed by atoms with van der Waals surface area (Å²) in [6.07, 6.45) is 8.63. The van der Waals surface area contributed by atoms with E-state index in [4.69, 9.17) is 9.57 Å². The Labute approximate surface area is 200 Å². The summed E-state index contributed by atoms with van der Waals surface area (Å²) in [6, 6.07) is 0. The van der Waals surface area contributed by atoms with Crippen molar-refractivity contribution in [2.45, 2.75) is 103 Å². The summed E-state index contributed by atoms with van der Waals surface area (Å²) in [5.74, 6) is -0.423. The first-order valence-corrected chi connectivity index (χ1v) is 12.9. The molecule has 2 fully saturated rings. The predicted molar refractivity (Wildman–Crippen MR) is 129 cm³/mol. The first-order valence-electron chi connectivity index (χ1n) is 12.4. The lowest BCUT2D eigenvalue weighted by Gasteiger charge is -2.31. The van der Waals surface area contributed by atoms with Crippen molar-refractivity contribution < 1.29 is 28.8 Å². The van der Waals surface area contributed by atoms with E-state index in [1.165, 1.54) is 6.92 Å². The quantitative estimate of drug-likeness (QED) is 0.119. The number of ketones is 2. The lowest BCUT2D eigenvalue weighted by Crippen LogP contribution is -2.42. The SMILES string of the molecule is CC(=O)C1(C(=O)OC(C)(C)CCON(C)CCCCC(=O)C2(C(=O)P)CCCC2)CCCC1. The van der Waals surface area contributed by atoms with Crippen LogP contribution in [-0.4, -0.2) is 53.9 Å². The van der Waals surface area contributed by atoms with Gasteiger partial charge in [-0.1, -0.05) is 34.9 Å². The van der Waals surface area contributed by atoms with Crippen LogP contribution in [0.5, 0.6) is 0 Å². The molecule has 188 valence electrons. The van der Waals surface area contributed by atoms with Gasteiger partial charge in [0.1, 0.15) is 22.6 Å². The monoisotopic (exact) mass is 483 g/mol. The molecule has 0 spiro atoms. The number of esters is 1. The molecule has 2 saturated carbocycles. The highest BCUT2D eigenvalue weighted by molar-refractivity contribution is 7.40. The molecule has 0 saturated heterocycles. The lowest BCUT2D eigenvalue weighted by atomic mass is 9.81. The van der Waals surface area contributed by atoms with Gasteiger partial charge in [-0.3, -0.25) is 24.0 Å². The van der Waals surface area contributed by atoms with Crippen LogP contribution in [0.1, 0.15) is 97.8 Å². The lowest BCUT2D eigenvalue weighted by molar-refractivity contribution is -0.179. The molecule has 0 aromatic carbocycles. The van der Waals surface area contributed by atoms with E-state index < -0.39 is 22.4 Å². The van der Waals surface area contributed by atoms with Crippen LogP contribution < -0.4 is 0 Å². The van der Waals surface area contributed by atoms with Crippen LogP contribution in [0, 0.1) is 10.8 Å². The largest absolute Gasteiger partial charge is 0.459 e. The summed E-state index contributed by atoms with van der Waals surface area (Å²) in [5, 5.41) is 1.74. The minimum Gasteiger partial charge on any atom is -0.459 e. The van der Waals surface area contributed by atoms with Gasteiger partial charge in [0.05, 0.1) is 12.0 Å². The number of unbranched alkanes of at least 4 members (excludes halogenated alkanes) is 1. The molecule has 0 bridgehead atoms. The molecule has 0 aromatic rings. The molecule has 2 aliphatic carbocycles. The molecule has 7 nitrogen and oxygen atoms in total. The van der Waals surface area contributed by atoms with Gasteiger partial charge in [0.15, 0.2) is 5.52 Å². The summed E-state index contributed by atoms with van der Waals surface area (Å²) >= 11 is 0. The highest BCUT2D eigenvalue weighted by Gasteiger charge is 2.48. The van der Waals surface area contributed by atoms with Gasteiger partial charge in [0.25, 0.3) is 0 Å². The van der Waals surface area contributed by atoms with Crippen LogP contribution in [0.4, 0.5) is 0 Å². The number of hydrogen-bond acceptors (Lipinski definition) is 7. The molecule has 0 radical (unpaired) electrons. The average molecular weight is 484 g/mol. The minimum atomic E-state index is -0.968. The fraction of sp³-hybridized carbons (Fsp3) is 0.840. The predicted octanol–water partition coefficient (Wildman–Crippen LogP) is 4.41. The first kappa shape index (κ1) is 28.1. The van der Waals surface area contributed by atoms with E-state index in [0.29, 0.717) is 51.7 Å². The number of ether oxygens (including phenoxy) is 1. The zero-order valence-electron chi connectivity index (χ0n) is 20.9. The van der Waals surface area contributed by atoms with Crippen LogP contribution >= 0.6 is 9.24 Å². The van der Waals surface area contributed by atoms with E-state index >= 15 is 0 Å². The van der Waals surface area contributed by atoms with Crippen molar-refractivity contribution in [3.63, 3.8) is 0 Å². The summed E-state index contributed by atoms with van der Waals surface area (Å²) in [5.41, 5.74) is -2.51. The van der Waals surface area contributed by atoms with E-state index in [9.17, 15) is 19.2 Å². The van der Waals surface area contributed by atoms with Gasteiger partial charge in [-0.05, 0) is 59.3 Å². The standard InChI is InChI=1S/C25H42NO6P/c1-19(27)24(12-6-7-13-24)21(29)32-23(2,3)16-18-31-26(4)17-10-5-11-20(28)25(22(30)33)14-8-9-15-25/h5-18,33H2,1-4H3. The van der Waals surface area contributed by atoms with Crippen LogP contribution in [0.15, 0.2) is 0 Å². The highest BCUT2D eigenvalue weighted by Crippen LogP contribution is 2.43. The van der Waals surface area contributed by atoms with Gasteiger partial charge < -0.3 is 4.74 Å². The van der Waals surface area contributed by atoms with Crippen molar-refractivity contribution in [2.24, 2.45) is 10.8 Å². The fourth-order valence-electron chi connectivity index (χ4n) is 5.09. The van der Waals surface area contributed by atoms with Gasteiger partial charge in [-0.2, -0.15) is 5.06 Å². The molecule has 0 heterocycles. The third-order valence-electron chi connectivity index (χ3n) is 7.50. The molecule has 2 rings (SSSR count). The maximum atomic E-state index is 12.8. The Balaban J connectivity index is 1.67. The van der Waals surface area contributed by atoms with E-state index in [1.54, 1.807) is 5.06 Å². The van der Waals surface area contributed by atoms with E-state index in [1.807, 2.05) is 20.9 Å². The average Bonchev–Trinajstić information content (AvgIpc) is 3.41. The summed E-state index contributed by atoms with van der Waals surface area (Å²) in [6.45, 7) is 6.22. The number of carbonyl (C=O) groups is 4. The number of carbonyl (C=O) groups excluding carboxylic acids is 4. The molecular weight excluding hydrogens is 441 g/mol. The fourth-order valence-corrected chi connectivity index (χ4v) is 5.54. The molecule has 2 aliphatic rings. The molecule has 0 aliphatic heterocycles. The van der Waals surface area contributed by atoms with Gasteiger partial charge >= 0.3 is 5.97 Å². The zero-order chi connectivity index (χ0) is 24.7. The number of rotatable bonds is 14. The summed E-state index contributed by atoms with van der Waals surface area (Å²) in [7, 11) is 4.06. The second-order valence-electron chi connectivity index (χ2n) is 10.5. The molecule has 1 unspecified atom stereocenters.